The second kappa shape index (κ2) is 7.20. The van der Waals surface area contributed by atoms with Crippen molar-refractivity contribution < 1.29 is 23.8 Å². The fourth-order valence-corrected chi connectivity index (χ4v) is 2.72. The van der Waals surface area contributed by atoms with Gasteiger partial charge in [-0.25, -0.2) is 0 Å². The molecule has 0 saturated carbocycles. The van der Waals surface area contributed by atoms with Gasteiger partial charge in [0.2, 0.25) is 0 Å². The van der Waals surface area contributed by atoms with Crippen molar-refractivity contribution in [1.82, 2.24) is 0 Å². The van der Waals surface area contributed by atoms with Gasteiger partial charge >= 0.3 is 7.60 Å². The highest BCUT2D eigenvalue weighted by molar-refractivity contribution is 7.57. The molecule has 0 aromatic carbocycles. The summed E-state index contributed by atoms with van der Waals surface area (Å²) in [5, 5.41) is 17.7. The van der Waals surface area contributed by atoms with Gasteiger partial charge in [-0.2, -0.15) is 0 Å². The summed E-state index contributed by atoms with van der Waals surface area (Å²) in [6, 6.07) is 0. The Bertz CT molecular complexity index is 248. The van der Waals surface area contributed by atoms with E-state index in [0.717, 1.165) is 0 Å². The molecule has 0 aliphatic heterocycles. The normalized spacial score (nSPS) is 15.2. The van der Waals surface area contributed by atoms with Gasteiger partial charge < -0.3 is 19.3 Å². The average molecular weight is 252 g/mol. The zero-order chi connectivity index (χ0) is 12.8. The van der Waals surface area contributed by atoms with Crippen molar-refractivity contribution in [2.75, 3.05) is 6.61 Å². The molecule has 0 amide bonds. The summed E-state index contributed by atoms with van der Waals surface area (Å²) >= 11 is 0. The highest BCUT2D eigenvalue weighted by atomic mass is 31.2. The summed E-state index contributed by atoms with van der Waals surface area (Å²) in [4.78, 5) is 0. The second-order valence-corrected chi connectivity index (χ2v) is 5.74. The van der Waals surface area contributed by atoms with E-state index in [2.05, 4.69) is 0 Å². The van der Waals surface area contributed by atoms with Crippen LogP contribution >= 0.6 is 7.60 Å². The maximum absolute atomic E-state index is 12.1. The van der Waals surface area contributed by atoms with Gasteiger partial charge in [0, 0.05) is 5.82 Å². The number of aliphatic hydroxyl groups is 2. The van der Waals surface area contributed by atoms with Crippen molar-refractivity contribution in [3.63, 3.8) is 0 Å². The lowest BCUT2D eigenvalue weighted by Crippen LogP contribution is -2.09. The molecule has 0 radical (unpaired) electrons. The minimum Gasteiger partial charge on any atom is -0.393 e. The minimum atomic E-state index is -3.35. The highest BCUT2D eigenvalue weighted by Gasteiger charge is 2.24. The molecule has 0 spiro atoms. The molecule has 0 fully saturated rings. The van der Waals surface area contributed by atoms with Crippen molar-refractivity contribution in [2.45, 2.75) is 46.0 Å². The zero-order valence-corrected chi connectivity index (χ0v) is 11.1. The average Bonchev–Trinajstić information content (AvgIpc) is 2.11. The summed E-state index contributed by atoms with van der Waals surface area (Å²) in [5.74, 6) is 1.19. The maximum atomic E-state index is 12.1. The number of aliphatic hydroxyl groups excluding tert-OH is 2. The number of hydrogen-bond donors (Lipinski definition) is 2. The van der Waals surface area contributed by atoms with Crippen LogP contribution in [0.2, 0.25) is 0 Å². The summed E-state index contributed by atoms with van der Waals surface area (Å²) in [6.07, 6.45) is -0.341. The molecule has 0 aliphatic carbocycles. The first-order valence-electron chi connectivity index (χ1n) is 5.24. The molecular formula is C10H21O5P. The number of rotatable bonds is 7. The summed E-state index contributed by atoms with van der Waals surface area (Å²) < 4.78 is 22.5. The number of hydrogen-bond acceptors (Lipinski definition) is 5. The molecule has 16 heavy (non-hydrogen) atoms. The molecule has 5 nitrogen and oxygen atoms in total. The third-order valence-corrected chi connectivity index (χ3v) is 3.36. The first-order valence-corrected chi connectivity index (χ1v) is 6.85. The largest absolute Gasteiger partial charge is 0.393 e. The molecule has 0 aromatic rings. The molecule has 0 heterocycles. The molecule has 0 bridgehead atoms. The quantitative estimate of drug-likeness (QED) is 0.677. The van der Waals surface area contributed by atoms with E-state index in [1.165, 1.54) is 11.9 Å². The lowest BCUT2D eigenvalue weighted by atomic mass is 10.4. The van der Waals surface area contributed by atoms with Gasteiger partial charge in [-0.1, -0.05) is 0 Å². The zero-order valence-electron chi connectivity index (χ0n) is 10.2. The smallest absolute Gasteiger partial charge is 0.354 e. The van der Waals surface area contributed by atoms with Gasteiger partial charge in [-0.15, -0.1) is 0 Å². The highest BCUT2D eigenvalue weighted by Crippen LogP contribution is 2.52. The van der Waals surface area contributed by atoms with Crippen molar-refractivity contribution in [3.05, 3.63) is 11.9 Å². The Hall–Kier alpha value is -0.190. The molecule has 96 valence electrons. The van der Waals surface area contributed by atoms with Gasteiger partial charge in [0.15, 0.2) is 0 Å². The van der Waals surface area contributed by atoms with E-state index in [-0.39, 0.29) is 12.2 Å². The molecule has 0 rings (SSSR count). The molecule has 1 unspecified atom stereocenters. The SMILES string of the molecule is CC(C)OP(=O)(C=CC(O)CO)OC(C)C. The van der Waals surface area contributed by atoms with Crippen molar-refractivity contribution in [3.8, 4) is 0 Å². The van der Waals surface area contributed by atoms with E-state index >= 15 is 0 Å². The van der Waals surface area contributed by atoms with Gasteiger partial charge in [0.25, 0.3) is 0 Å². The van der Waals surface area contributed by atoms with Crippen molar-refractivity contribution >= 4 is 7.60 Å². The molecular weight excluding hydrogens is 231 g/mol. The van der Waals surface area contributed by atoms with E-state index in [9.17, 15) is 4.57 Å². The van der Waals surface area contributed by atoms with Gasteiger partial charge in [0.05, 0.1) is 24.9 Å². The van der Waals surface area contributed by atoms with Gasteiger partial charge in [0.1, 0.15) is 0 Å². The lowest BCUT2D eigenvalue weighted by Gasteiger charge is -2.20. The minimum absolute atomic E-state index is 0.250. The third-order valence-electron chi connectivity index (χ3n) is 1.39. The van der Waals surface area contributed by atoms with Crippen LogP contribution in [-0.2, 0) is 13.6 Å². The predicted octanol–water partition coefficient (Wildman–Crippen LogP) is 1.90. The Morgan fingerprint density at radius 3 is 1.94 bits per heavy atom. The van der Waals surface area contributed by atoms with Crippen LogP contribution in [0.5, 0.6) is 0 Å². The second-order valence-electron chi connectivity index (χ2n) is 3.94. The Morgan fingerprint density at radius 1 is 1.19 bits per heavy atom. The molecule has 0 saturated heterocycles. The molecule has 0 aromatic heterocycles. The van der Waals surface area contributed by atoms with Crippen LogP contribution in [0.25, 0.3) is 0 Å². The van der Waals surface area contributed by atoms with E-state index in [1.54, 1.807) is 27.7 Å². The van der Waals surface area contributed by atoms with Crippen LogP contribution in [0.15, 0.2) is 11.9 Å². The molecule has 6 heteroatoms. The summed E-state index contributed by atoms with van der Waals surface area (Å²) in [5.41, 5.74) is 0. The fourth-order valence-electron chi connectivity index (χ4n) is 0.948. The van der Waals surface area contributed by atoms with Crippen LogP contribution in [0, 0.1) is 0 Å². The standard InChI is InChI=1S/C10H21O5P/c1-8(2)14-16(13,15-9(3)4)6-5-10(12)7-11/h5-6,8-12H,7H2,1-4H3. The van der Waals surface area contributed by atoms with Crippen molar-refractivity contribution in [1.29, 1.82) is 0 Å². The monoisotopic (exact) mass is 252 g/mol. The van der Waals surface area contributed by atoms with Crippen LogP contribution < -0.4 is 0 Å². The summed E-state index contributed by atoms with van der Waals surface area (Å²) in [7, 11) is -3.35. The van der Waals surface area contributed by atoms with Gasteiger partial charge in [-0.05, 0) is 33.8 Å². The third kappa shape index (κ3) is 7.14. The Morgan fingerprint density at radius 2 is 1.62 bits per heavy atom. The Balaban J connectivity index is 4.66. The van der Waals surface area contributed by atoms with E-state index < -0.39 is 20.3 Å². The van der Waals surface area contributed by atoms with E-state index in [4.69, 9.17) is 19.3 Å². The summed E-state index contributed by atoms with van der Waals surface area (Å²) in [6.45, 7) is 6.54. The Labute approximate surface area is 96.6 Å². The molecule has 1 atom stereocenters. The van der Waals surface area contributed by atoms with Crippen LogP contribution in [0.3, 0.4) is 0 Å². The predicted molar refractivity (Wildman–Crippen MR) is 62.3 cm³/mol. The molecule has 2 N–H and O–H groups in total. The van der Waals surface area contributed by atoms with Gasteiger partial charge in [-0.3, -0.25) is 4.57 Å². The Kier molecular flexibility index (Phi) is 7.11. The fraction of sp³-hybridized carbons (Fsp3) is 0.800. The van der Waals surface area contributed by atoms with Crippen molar-refractivity contribution in [2.24, 2.45) is 0 Å². The topological polar surface area (TPSA) is 76.0 Å². The van der Waals surface area contributed by atoms with Crippen LogP contribution in [0.4, 0.5) is 0 Å². The first kappa shape index (κ1) is 15.8. The maximum Gasteiger partial charge on any atom is 0.354 e. The first-order chi connectivity index (χ1) is 7.29. The molecule has 0 aliphatic rings. The van der Waals surface area contributed by atoms with Crippen LogP contribution in [-0.4, -0.2) is 35.1 Å². The van der Waals surface area contributed by atoms with Crippen LogP contribution in [0.1, 0.15) is 27.7 Å². The van der Waals surface area contributed by atoms with E-state index in [1.807, 2.05) is 0 Å². The lowest BCUT2D eigenvalue weighted by molar-refractivity contribution is 0.129. The van der Waals surface area contributed by atoms with E-state index in [0.29, 0.717) is 0 Å².